The average molecular weight is 779 g/mol. The summed E-state index contributed by atoms with van der Waals surface area (Å²) in [5.74, 6) is -2.06. The minimum absolute atomic E-state index is 0.0118. The van der Waals surface area contributed by atoms with Gasteiger partial charge in [0.05, 0.1) is 18.6 Å². The van der Waals surface area contributed by atoms with Gasteiger partial charge in [-0.05, 0) is 41.8 Å². The molecule has 9 nitrogen and oxygen atoms in total. The van der Waals surface area contributed by atoms with Crippen LogP contribution < -0.4 is 5.73 Å². The summed E-state index contributed by atoms with van der Waals surface area (Å²) in [5, 5.41) is 1.91. The fraction of sp³-hybridized carbons (Fsp3) is 0.170. The molecule has 10 heteroatoms. The number of methoxy groups -OCH3 is 1. The Bertz CT molecular complexity index is 2440. The van der Waals surface area contributed by atoms with Crippen molar-refractivity contribution in [2.24, 2.45) is 16.6 Å². The summed E-state index contributed by atoms with van der Waals surface area (Å²) in [4.78, 5) is 33.8. The van der Waals surface area contributed by atoms with Crippen molar-refractivity contribution in [3.63, 3.8) is 0 Å². The number of esters is 1. The number of ether oxygens (including phenoxy) is 1. The quantitative estimate of drug-likeness (QED) is 0.0518. The summed E-state index contributed by atoms with van der Waals surface area (Å²) < 4.78 is 38.0. The van der Waals surface area contributed by atoms with E-state index >= 15 is 4.79 Å². The Morgan fingerprint density at radius 2 is 1.26 bits per heavy atom. The molecule has 0 aliphatic carbocycles. The first-order chi connectivity index (χ1) is 27.6. The Kier molecular flexibility index (Phi) is 11.4. The second-order valence-electron chi connectivity index (χ2n) is 14.2. The number of hydrogen-bond donors (Lipinski definition) is 1. The number of aliphatic imine (C=N–C) groups is 1. The van der Waals surface area contributed by atoms with Crippen molar-refractivity contribution >= 4 is 39.1 Å². The van der Waals surface area contributed by atoms with Crippen molar-refractivity contribution in [2.75, 3.05) is 13.7 Å². The number of rotatable bonds is 14. The van der Waals surface area contributed by atoms with Crippen molar-refractivity contribution in [3.05, 3.63) is 197 Å². The fourth-order valence-corrected chi connectivity index (χ4v) is 8.83. The van der Waals surface area contributed by atoms with Gasteiger partial charge in [0.2, 0.25) is 6.34 Å². The molecule has 1 aliphatic rings. The Hall–Kier alpha value is -6.04. The van der Waals surface area contributed by atoms with E-state index in [1.54, 1.807) is 24.7 Å². The molecule has 1 aliphatic heterocycles. The van der Waals surface area contributed by atoms with Gasteiger partial charge in [-0.2, -0.15) is 12.9 Å². The lowest BCUT2D eigenvalue weighted by molar-refractivity contribution is -0.757. The molecule has 1 unspecified atom stereocenters. The molecule has 288 valence electrons. The third-order valence-corrected chi connectivity index (χ3v) is 11.9. The van der Waals surface area contributed by atoms with Crippen molar-refractivity contribution in [1.82, 2.24) is 0 Å². The Morgan fingerprint density at radius 3 is 1.84 bits per heavy atom. The van der Waals surface area contributed by atoms with E-state index in [-0.39, 0.29) is 23.6 Å². The number of carbonyl (C=O) groups is 2. The standard InChI is InChI=1S/C47H44N3O6S/c1-34-25-27-42(28-26-34)57(53,54)56-32-37(29-36-17-14-16-35-15-12-13-24-43(35)36)45(51)50(31-41(49-33-50)30-44(48)46(52)55-2)47(38-18-6-3-7-19-38,39-20-8-4-9-21-39)40-22-10-5-11-23-40/h3-28,31,33,37,44H,29-30,32,48H2,1-2H3/q+1/t37-,44+,50?/m1/s1. The summed E-state index contributed by atoms with van der Waals surface area (Å²) in [6.07, 6.45) is 3.47. The number of quaternary nitrogens is 1. The molecule has 0 bridgehead atoms. The van der Waals surface area contributed by atoms with E-state index in [9.17, 15) is 13.2 Å². The SMILES string of the molecule is COC(=O)[C@@H](N)CC1=C[N+](C(=O)[C@@H](COS(=O)(=O)c2ccc(C)cc2)Cc2cccc3ccccc23)(C(c2ccccc2)(c2ccccc2)c2ccccc2)C=N1. The molecular weight excluding hydrogens is 735 g/mol. The average Bonchev–Trinajstić information content (AvgIpc) is 3.68. The van der Waals surface area contributed by atoms with Crippen LogP contribution in [0.5, 0.6) is 0 Å². The summed E-state index contributed by atoms with van der Waals surface area (Å²) in [6, 6.07) is 48.3. The number of fused-ring (bicyclic) bond motifs is 1. The summed E-state index contributed by atoms with van der Waals surface area (Å²) in [5.41, 5.74) is 9.45. The molecule has 0 saturated heterocycles. The zero-order valence-electron chi connectivity index (χ0n) is 31.8. The highest BCUT2D eigenvalue weighted by Crippen LogP contribution is 2.50. The molecular formula is C47H44N3O6S+. The monoisotopic (exact) mass is 778 g/mol. The number of amides is 1. The summed E-state index contributed by atoms with van der Waals surface area (Å²) in [6.45, 7) is 1.40. The second-order valence-corrected chi connectivity index (χ2v) is 15.8. The van der Waals surface area contributed by atoms with Gasteiger partial charge in [0.15, 0.2) is 5.54 Å². The summed E-state index contributed by atoms with van der Waals surface area (Å²) in [7, 11) is -3.02. The molecule has 1 amide bonds. The Balaban J connectivity index is 1.48. The van der Waals surface area contributed by atoms with Crippen LogP contribution in [0.1, 0.15) is 34.2 Å². The maximum Gasteiger partial charge on any atom is 0.331 e. The second kappa shape index (κ2) is 16.6. The van der Waals surface area contributed by atoms with E-state index in [1.165, 1.54) is 19.2 Å². The first-order valence-electron chi connectivity index (χ1n) is 18.7. The van der Waals surface area contributed by atoms with Gasteiger partial charge < -0.3 is 10.5 Å². The van der Waals surface area contributed by atoms with Crippen LogP contribution in [0.15, 0.2) is 180 Å². The lowest BCUT2D eigenvalue weighted by Crippen LogP contribution is -2.64. The van der Waals surface area contributed by atoms with E-state index < -0.39 is 44.7 Å². The van der Waals surface area contributed by atoms with Crippen molar-refractivity contribution in [1.29, 1.82) is 0 Å². The molecule has 0 saturated carbocycles. The van der Waals surface area contributed by atoms with Crippen LogP contribution in [-0.4, -0.2) is 50.9 Å². The lowest BCUT2D eigenvalue weighted by atomic mass is 9.73. The van der Waals surface area contributed by atoms with Gasteiger partial charge in [0.25, 0.3) is 10.1 Å². The third-order valence-electron chi connectivity index (χ3n) is 10.6. The van der Waals surface area contributed by atoms with Crippen LogP contribution >= 0.6 is 0 Å². The van der Waals surface area contributed by atoms with Crippen LogP contribution in [-0.2, 0) is 40.6 Å². The number of hydrogen-bond acceptors (Lipinski definition) is 8. The van der Waals surface area contributed by atoms with Crippen LogP contribution in [0.3, 0.4) is 0 Å². The number of benzene rings is 6. The smallest absolute Gasteiger partial charge is 0.331 e. The molecule has 57 heavy (non-hydrogen) atoms. The summed E-state index contributed by atoms with van der Waals surface area (Å²) >= 11 is 0. The molecule has 2 N–H and O–H groups in total. The zero-order valence-corrected chi connectivity index (χ0v) is 32.6. The Morgan fingerprint density at radius 1 is 0.719 bits per heavy atom. The molecule has 7 rings (SSSR count). The van der Waals surface area contributed by atoms with Crippen LogP contribution in [0.25, 0.3) is 10.8 Å². The zero-order chi connectivity index (χ0) is 40.0. The molecule has 1 heterocycles. The van der Waals surface area contributed by atoms with Crippen LogP contribution in [0.4, 0.5) is 0 Å². The normalized spacial score (nSPS) is 16.5. The van der Waals surface area contributed by atoms with Crippen molar-refractivity contribution < 1.29 is 31.4 Å². The van der Waals surface area contributed by atoms with Gasteiger partial charge in [-0.25, -0.2) is 9.79 Å². The minimum atomic E-state index is -4.29. The first kappa shape index (κ1) is 39.2. The van der Waals surface area contributed by atoms with Gasteiger partial charge in [0.1, 0.15) is 23.9 Å². The van der Waals surface area contributed by atoms with Gasteiger partial charge in [-0.15, -0.1) is 0 Å². The van der Waals surface area contributed by atoms with Crippen LogP contribution in [0, 0.1) is 12.8 Å². The Labute approximate surface area is 333 Å². The minimum Gasteiger partial charge on any atom is -0.468 e. The van der Waals surface area contributed by atoms with E-state index in [0.29, 0.717) is 5.70 Å². The molecule has 6 aromatic rings. The molecule has 3 atom stereocenters. The van der Waals surface area contributed by atoms with E-state index in [0.717, 1.165) is 38.6 Å². The number of nitrogens with zero attached hydrogens (tertiary/aromatic N) is 2. The van der Waals surface area contributed by atoms with Crippen molar-refractivity contribution in [2.45, 2.75) is 36.2 Å². The fourth-order valence-electron chi connectivity index (χ4n) is 7.88. The first-order valence-corrected chi connectivity index (χ1v) is 20.1. The predicted molar refractivity (Wildman–Crippen MR) is 221 cm³/mol. The number of aryl methyl sites for hydroxylation is 1. The molecule has 0 radical (unpaired) electrons. The molecule has 0 fully saturated rings. The van der Waals surface area contributed by atoms with Gasteiger partial charge in [-0.3, -0.25) is 8.98 Å². The predicted octanol–water partition coefficient (Wildman–Crippen LogP) is 7.82. The highest BCUT2D eigenvalue weighted by Gasteiger charge is 2.61. The third kappa shape index (κ3) is 7.60. The maximum absolute atomic E-state index is 16.3. The topological polar surface area (TPSA) is 125 Å². The molecule has 0 aromatic heterocycles. The maximum atomic E-state index is 16.3. The largest absolute Gasteiger partial charge is 0.468 e. The highest BCUT2D eigenvalue weighted by molar-refractivity contribution is 7.86. The van der Waals surface area contributed by atoms with E-state index in [1.807, 2.05) is 140 Å². The molecule has 6 aromatic carbocycles. The van der Waals surface area contributed by atoms with Crippen LogP contribution in [0.2, 0.25) is 0 Å². The van der Waals surface area contributed by atoms with Crippen molar-refractivity contribution in [3.8, 4) is 0 Å². The van der Waals surface area contributed by atoms with Gasteiger partial charge >= 0.3 is 11.9 Å². The number of nitrogens with two attached hydrogens (primary N) is 1. The number of carbonyl (C=O) groups excluding carboxylic acids is 2. The van der Waals surface area contributed by atoms with Gasteiger partial charge in [-0.1, -0.05) is 151 Å². The van der Waals surface area contributed by atoms with E-state index in [2.05, 4.69) is 0 Å². The highest BCUT2D eigenvalue weighted by atomic mass is 32.2. The van der Waals surface area contributed by atoms with Gasteiger partial charge in [0, 0.05) is 23.1 Å². The lowest BCUT2D eigenvalue weighted by Gasteiger charge is -2.47. The molecule has 0 spiro atoms. The van der Waals surface area contributed by atoms with E-state index in [4.69, 9.17) is 19.6 Å².